The molecule has 0 fully saturated rings. The van der Waals surface area contributed by atoms with Crippen LogP contribution in [0.5, 0.6) is 0 Å². The van der Waals surface area contributed by atoms with Crippen LogP contribution in [-0.2, 0) is 4.79 Å². The van der Waals surface area contributed by atoms with E-state index >= 15 is 0 Å². The number of rotatable bonds is 8. The quantitative estimate of drug-likeness (QED) is 0.634. The highest BCUT2D eigenvalue weighted by Gasteiger charge is 2.21. The summed E-state index contributed by atoms with van der Waals surface area (Å²) in [5.41, 5.74) is 0.549. The van der Waals surface area contributed by atoms with Crippen LogP contribution < -0.4 is 10.6 Å². The molecule has 0 aliphatic rings. The number of carbonyl (C=O) groups is 2. The van der Waals surface area contributed by atoms with Crippen molar-refractivity contribution in [2.45, 2.75) is 18.9 Å². The standard InChI is InChI=1S/C15H23N3O3/c1-18(2)11-7-6-10-16-15(21)17-13(14(19)20)12-8-4-3-5-9-12/h3-5,8-9,13H,6-7,10-11H2,1-2H3,(H,19,20)(H2,16,17,21). The average molecular weight is 293 g/mol. The van der Waals surface area contributed by atoms with Gasteiger partial charge in [-0.1, -0.05) is 30.3 Å². The van der Waals surface area contributed by atoms with Crippen molar-refractivity contribution in [3.05, 3.63) is 35.9 Å². The van der Waals surface area contributed by atoms with Crippen molar-refractivity contribution in [3.63, 3.8) is 0 Å². The first-order chi connectivity index (χ1) is 10.0. The van der Waals surface area contributed by atoms with Crippen molar-refractivity contribution < 1.29 is 14.7 Å². The first-order valence-corrected chi connectivity index (χ1v) is 6.97. The summed E-state index contributed by atoms with van der Waals surface area (Å²) in [5, 5.41) is 14.4. The summed E-state index contributed by atoms with van der Waals surface area (Å²) in [6.45, 7) is 1.49. The molecule has 1 atom stereocenters. The summed E-state index contributed by atoms with van der Waals surface area (Å²) in [6, 6.07) is 7.14. The number of carboxylic acid groups (broad SMARTS) is 1. The monoisotopic (exact) mass is 293 g/mol. The van der Waals surface area contributed by atoms with Crippen LogP contribution in [0.4, 0.5) is 4.79 Å². The molecule has 0 aromatic heterocycles. The van der Waals surface area contributed by atoms with Crippen LogP contribution in [0.2, 0.25) is 0 Å². The zero-order valence-electron chi connectivity index (χ0n) is 12.5. The molecule has 116 valence electrons. The second kappa shape index (κ2) is 8.97. The number of benzene rings is 1. The topological polar surface area (TPSA) is 81.7 Å². The molecule has 2 amide bonds. The molecular weight excluding hydrogens is 270 g/mol. The molecule has 0 heterocycles. The first kappa shape index (κ1) is 17.0. The lowest BCUT2D eigenvalue weighted by Gasteiger charge is -2.15. The van der Waals surface area contributed by atoms with Crippen LogP contribution in [-0.4, -0.2) is 49.2 Å². The van der Waals surface area contributed by atoms with E-state index in [-0.39, 0.29) is 0 Å². The minimum atomic E-state index is -1.08. The molecular formula is C15H23N3O3. The number of hydrogen-bond donors (Lipinski definition) is 3. The molecule has 6 nitrogen and oxygen atoms in total. The smallest absolute Gasteiger partial charge is 0.330 e. The molecule has 0 saturated carbocycles. The number of unbranched alkanes of at least 4 members (excludes halogenated alkanes) is 1. The van der Waals surface area contributed by atoms with Crippen molar-refractivity contribution in [2.75, 3.05) is 27.2 Å². The van der Waals surface area contributed by atoms with Gasteiger partial charge in [-0.2, -0.15) is 0 Å². The van der Waals surface area contributed by atoms with Gasteiger partial charge in [0.1, 0.15) is 0 Å². The molecule has 0 saturated heterocycles. The summed E-state index contributed by atoms with van der Waals surface area (Å²) in [6.07, 6.45) is 1.84. The third kappa shape index (κ3) is 6.76. The van der Waals surface area contributed by atoms with Crippen LogP contribution in [0, 0.1) is 0 Å². The zero-order valence-corrected chi connectivity index (χ0v) is 12.5. The van der Waals surface area contributed by atoms with Crippen molar-refractivity contribution in [2.24, 2.45) is 0 Å². The highest BCUT2D eigenvalue weighted by atomic mass is 16.4. The molecule has 21 heavy (non-hydrogen) atoms. The fraction of sp³-hybridized carbons (Fsp3) is 0.467. The van der Waals surface area contributed by atoms with Crippen LogP contribution >= 0.6 is 0 Å². The largest absolute Gasteiger partial charge is 0.479 e. The zero-order chi connectivity index (χ0) is 15.7. The lowest BCUT2D eigenvalue weighted by atomic mass is 10.1. The van der Waals surface area contributed by atoms with Gasteiger partial charge in [-0.15, -0.1) is 0 Å². The predicted molar refractivity (Wildman–Crippen MR) is 81.1 cm³/mol. The second-order valence-corrected chi connectivity index (χ2v) is 5.09. The molecule has 1 unspecified atom stereocenters. The van der Waals surface area contributed by atoms with Gasteiger partial charge in [-0.25, -0.2) is 9.59 Å². The molecule has 0 bridgehead atoms. The van der Waals surface area contributed by atoms with Crippen LogP contribution in [0.15, 0.2) is 30.3 Å². The lowest BCUT2D eigenvalue weighted by molar-refractivity contribution is -0.139. The van der Waals surface area contributed by atoms with Crippen LogP contribution in [0.25, 0.3) is 0 Å². The molecule has 0 aliphatic heterocycles. The maximum absolute atomic E-state index is 11.7. The van der Waals surface area contributed by atoms with Gasteiger partial charge >= 0.3 is 12.0 Å². The van der Waals surface area contributed by atoms with Gasteiger partial charge in [0.15, 0.2) is 6.04 Å². The molecule has 1 aromatic rings. The summed E-state index contributed by atoms with van der Waals surface area (Å²) < 4.78 is 0. The molecule has 0 radical (unpaired) electrons. The Bertz CT molecular complexity index is 449. The van der Waals surface area contributed by atoms with Gasteiger partial charge in [-0.05, 0) is 39.0 Å². The Morgan fingerprint density at radius 3 is 2.43 bits per heavy atom. The number of urea groups is 1. The van der Waals surface area contributed by atoms with E-state index in [1.807, 2.05) is 14.1 Å². The SMILES string of the molecule is CN(C)CCCCNC(=O)NC(C(=O)O)c1ccccc1. The minimum absolute atomic E-state index is 0.462. The Hall–Kier alpha value is -2.08. The van der Waals surface area contributed by atoms with E-state index in [0.29, 0.717) is 12.1 Å². The summed E-state index contributed by atoms with van der Waals surface area (Å²) in [4.78, 5) is 25.1. The molecule has 6 heteroatoms. The van der Waals surface area contributed by atoms with E-state index in [1.165, 1.54) is 0 Å². The lowest BCUT2D eigenvalue weighted by Crippen LogP contribution is -2.41. The number of carbonyl (C=O) groups excluding carboxylic acids is 1. The summed E-state index contributed by atoms with van der Waals surface area (Å²) in [5.74, 6) is -1.08. The normalized spacial score (nSPS) is 12.0. The van der Waals surface area contributed by atoms with E-state index in [2.05, 4.69) is 15.5 Å². The highest BCUT2D eigenvalue weighted by molar-refractivity contribution is 5.83. The average Bonchev–Trinajstić information content (AvgIpc) is 2.44. The van der Waals surface area contributed by atoms with E-state index in [9.17, 15) is 14.7 Å². The van der Waals surface area contributed by atoms with Crippen molar-refractivity contribution >= 4 is 12.0 Å². The maximum atomic E-state index is 11.7. The third-order valence-electron chi connectivity index (χ3n) is 2.97. The number of nitrogens with one attached hydrogen (secondary N) is 2. The molecule has 1 aromatic carbocycles. The van der Waals surface area contributed by atoms with Crippen LogP contribution in [0.1, 0.15) is 24.4 Å². The number of amides is 2. The molecule has 3 N–H and O–H groups in total. The van der Waals surface area contributed by atoms with Gasteiger partial charge in [0, 0.05) is 6.54 Å². The fourth-order valence-electron chi connectivity index (χ4n) is 1.87. The highest BCUT2D eigenvalue weighted by Crippen LogP contribution is 2.12. The molecule has 1 rings (SSSR count). The van der Waals surface area contributed by atoms with E-state index < -0.39 is 18.0 Å². The Balaban J connectivity index is 2.39. The van der Waals surface area contributed by atoms with Crippen LogP contribution in [0.3, 0.4) is 0 Å². The number of nitrogens with zero attached hydrogens (tertiary/aromatic N) is 1. The Kier molecular flexibility index (Phi) is 7.25. The predicted octanol–water partition coefficient (Wildman–Crippen LogP) is 1.45. The first-order valence-electron chi connectivity index (χ1n) is 6.97. The molecule has 0 spiro atoms. The number of carboxylic acids is 1. The van der Waals surface area contributed by atoms with Crippen molar-refractivity contribution in [3.8, 4) is 0 Å². The van der Waals surface area contributed by atoms with Gasteiger partial charge in [0.05, 0.1) is 0 Å². The second-order valence-electron chi connectivity index (χ2n) is 5.09. The van der Waals surface area contributed by atoms with Crippen molar-refractivity contribution in [1.29, 1.82) is 0 Å². The van der Waals surface area contributed by atoms with Crippen molar-refractivity contribution in [1.82, 2.24) is 15.5 Å². The van der Waals surface area contributed by atoms with Gasteiger partial charge in [-0.3, -0.25) is 0 Å². The summed E-state index contributed by atoms with van der Waals surface area (Å²) >= 11 is 0. The maximum Gasteiger partial charge on any atom is 0.330 e. The Morgan fingerprint density at radius 1 is 1.19 bits per heavy atom. The van der Waals surface area contributed by atoms with Gasteiger partial charge in [0.2, 0.25) is 0 Å². The van der Waals surface area contributed by atoms with Gasteiger partial charge in [0.25, 0.3) is 0 Å². The number of aliphatic carboxylic acids is 1. The minimum Gasteiger partial charge on any atom is -0.479 e. The molecule has 0 aliphatic carbocycles. The Labute approximate surface area is 125 Å². The summed E-state index contributed by atoms with van der Waals surface area (Å²) in [7, 11) is 3.99. The fourth-order valence-corrected chi connectivity index (χ4v) is 1.87. The Morgan fingerprint density at radius 2 is 1.86 bits per heavy atom. The third-order valence-corrected chi connectivity index (χ3v) is 2.97. The van der Waals surface area contributed by atoms with E-state index in [0.717, 1.165) is 19.4 Å². The van der Waals surface area contributed by atoms with Gasteiger partial charge < -0.3 is 20.6 Å². The number of hydrogen-bond acceptors (Lipinski definition) is 3. The van der Waals surface area contributed by atoms with E-state index in [1.54, 1.807) is 30.3 Å². The van der Waals surface area contributed by atoms with E-state index in [4.69, 9.17) is 0 Å².